The zero-order valence-corrected chi connectivity index (χ0v) is 26.1. The summed E-state index contributed by atoms with van der Waals surface area (Å²) in [5.41, 5.74) is 0.414. The van der Waals surface area contributed by atoms with Crippen molar-refractivity contribution in [3.63, 3.8) is 0 Å². The van der Waals surface area contributed by atoms with E-state index in [4.69, 9.17) is 0 Å². The Morgan fingerprint density at radius 2 is 1.51 bits per heavy atom. The van der Waals surface area contributed by atoms with E-state index < -0.39 is 57.1 Å². The van der Waals surface area contributed by atoms with Crippen molar-refractivity contribution in [2.75, 3.05) is 10.2 Å². The minimum atomic E-state index is -4.80. The van der Waals surface area contributed by atoms with Crippen LogP contribution in [0.2, 0.25) is 0 Å². The number of nitrogens with zero attached hydrogens (tertiary/aromatic N) is 2. The normalized spacial score (nSPS) is 19.8. The van der Waals surface area contributed by atoms with Crippen molar-refractivity contribution in [1.82, 2.24) is 4.57 Å². The Bertz CT molecular complexity index is 1860. The number of rotatable bonds is 5. The average molecular weight is 652 g/mol. The van der Waals surface area contributed by atoms with Crippen molar-refractivity contribution in [2.45, 2.75) is 55.1 Å². The summed E-state index contributed by atoms with van der Waals surface area (Å²) < 4.78 is 43.3. The molecule has 0 radical (unpaired) electrons. The number of halogens is 3. The van der Waals surface area contributed by atoms with Crippen LogP contribution < -0.4 is 15.1 Å². The number of nitrogens with one attached hydrogen (secondary N) is 1. The van der Waals surface area contributed by atoms with Crippen molar-refractivity contribution < 1.29 is 27.6 Å². The number of thioether (sulfide) groups is 1. The number of thiazole rings is 1. The maximum absolute atomic E-state index is 14.1. The van der Waals surface area contributed by atoms with Crippen molar-refractivity contribution in [1.29, 1.82) is 0 Å². The van der Waals surface area contributed by atoms with E-state index in [1.807, 2.05) is 24.3 Å². The lowest BCUT2D eigenvalue weighted by Crippen LogP contribution is -2.33. The Hall–Kier alpha value is -4.16. The van der Waals surface area contributed by atoms with Crippen LogP contribution in [0.5, 0.6) is 0 Å². The summed E-state index contributed by atoms with van der Waals surface area (Å²) in [6, 6.07) is 20.7. The van der Waals surface area contributed by atoms with Gasteiger partial charge in [0.15, 0.2) is 0 Å². The third-order valence-corrected chi connectivity index (χ3v) is 10.6. The number of hydrogen-bond donors (Lipinski definition) is 1. The average Bonchev–Trinajstić information content (AvgIpc) is 3.43. The fraction of sp³-hybridized carbons (Fsp3) is 0.273. The lowest BCUT2D eigenvalue weighted by molar-refractivity contribution is -0.137. The lowest BCUT2D eigenvalue weighted by atomic mass is 9.81. The molecule has 0 unspecified atom stereocenters. The standard InChI is InChI=1S/C33H28F3N3O4S2/c1-32(2,3)19-15-13-18(14-16-19)24-25-26(29(42)39(28(25)41)22-12-8-7-11-21(22)33(34,35)36)44-30-27(24)45-31(43)38(30)17-23(40)37-20-9-5-4-6-10-20/h4-16,24-26H,17H2,1-3H3,(H,37,40)/t24-,25-,26+/m0/s1. The van der Waals surface area contributed by atoms with Crippen LogP contribution in [0, 0.1) is 5.92 Å². The predicted molar refractivity (Wildman–Crippen MR) is 168 cm³/mol. The highest BCUT2D eigenvalue weighted by Crippen LogP contribution is 2.54. The summed E-state index contributed by atoms with van der Waals surface area (Å²) in [5, 5.41) is 1.99. The van der Waals surface area contributed by atoms with Crippen molar-refractivity contribution in [3.05, 3.63) is 110 Å². The summed E-state index contributed by atoms with van der Waals surface area (Å²) >= 11 is 1.83. The van der Waals surface area contributed by atoms with Gasteiger partial charge in [0.2, 0.25) is 17.7 Å². The minimum absolute atomic E-state index is 0.174. The number of imide groups is 1. The molecule has 12 heteroatoms. The van der Waals surface area contributed by atoms with Gasteiger partial charge < -0.3 is 5.32 Å². The van der Waals surface area contributed by atoms with Gasteiger partial charge in [0.1, 0.15) is 11.8 Å². The van der Waals surface area contributed by atoms with Gasteiger partial charge in [-0.2, -0.15) is 13.2 Å². The van der Waals surface area contributed by atoms with Gasteiger partial charge in [-0.05, 0) is 40.8 Å². The van der Waals surface area contributed by atoms with Crippen molar-refractivity contribution >= 4 is 52.2 Å². The fourth-order valence-corrected chi connectivity index (χ4v) is 8.59. The van der Waals surface area contributed by atoms with Gasteiger partial charge in [-0.15, -0.1) is 0 Å². The van der Waals surface area contributed by atoms with Gasteiger partial charge in [0.05, 0.1) is 22.2 Å². The molecule has 3 heterocycles. The number of hydrogen-bond acceptors (Lipinski definition) is 6. The highest BCUT2D eigenvalue weighted by Gasteiger charge is 2.57. The Balaban J connectivity index is 1.45. The van der Waals surface area contributed by atoms with Crippen LogP contribution >= 0.6 is 23.1 Å². The molecule has 3 amide bonds. The predicted octanol–water partition coefficient (Wildman–Crippen LogP) is 6.66. The first kappa shape index (κ1) is 30.8. The molecule has 3 atom stereocenters. The van der Waals surface area contributed by atoms with Gasteiger partial charge in [0.25, 0.3) is 0 Å². The third-order valence-electron chi connectivity index (χ3n) is 7.99. The molecule has 0 saturated carbocycles. The Kier molecular flexibility index (Phi) is 7.77. The number of para-hydroxylation sites is 2. The molecule has 1 saturated heterocycles. The monoisotopic (exact) mass is 651 g/mol. The van der Waals surface area contributed by atoms with Gasteiger partial charge in [-0.3, -0.25) is 23.7 Å². The molecule has 6 rings (SSSR count). The van der Waals surface area contributed by atoms with E-state index in [-0.39, 0.29) is 12.0 Å². The zero-order valence-electron chi connectivity index (χ0n) is 24.4. The molecule has 1 aromatic heterocycles. The van der Waals surface area contributed by atoms with Crippen molar-refractivity contribution in [3.8, 4) is 0 Å². The topological polar surface area (TPSA) is 88.5 Å². The Morgan fingerprint density at radius 3 is 2.16 bits per heavy atom. The van der Waals surface area contributed by atoms with Crippen LogP contribution in [0.15, 0.2) is 88.7 Å². The highest BCUT2D eigenvalue weighted by molar-refractivity contribution is 8.00. The zero-order chi connectivity index (χ0) is 32.3. The fourth-order valence-electron chi connectivity index (χ4n) is 5.82. The molecule has 0 aliphatic carbocycles. The number of benzene rings is 3. The lowest BCUT2D eigenvalue weighted by Gasteiger charge is -2.31. The molecule has 3 aromatic carbocycles. The smallest absolute Gasteiger partial charge is 0.325 e. The van der Waals surface area contributed by atoms with Gasteiger partial charge in [0, 0.05) is 16.5 Å². The van der Waals surface area contributed by atoms with Gasteiger partial charge in [-0.1, -0.05) is 98.5 Å². The van der Waals surface area contributed by atoms with E-state index in [0.29, 0.717) is 26.1 Å². The number of anilines is 2. The highest BCUT2D eigenvalue weighted by atomic mass is 32.2. The van der Waals surface area contributed by atoms with Crippen LogP contribution in [-0.4, -0.2) is 27.5 Å². The molecular weight excluding hydrogens is 624 g/mol. The van der Waals surface area contributed by atoms with Crippen LogP contribution in [0.1, 0.15) is 48.3 Å². The quantitative estimate of drug-likeness (QED) is 0.244. The Labute approximate surface area is 265 Å². The Morgan fingerprint density at radius 1 is 0.867 bits per heavy atom. The molecule has 1 fully saturated rings. The summed E-state index contributed by atoms with van der Waals surface area (Å²) in [5.74, 6) is -3.89. The number of aromatic nitrogens is 1. The molecule has 2 aliphatic rings. The molecule has 0 spiro atoms. The van der Waals surface area contributed by atoms with Crippen LogP contribution in [0.4, 0.5) is 24.5 Å². The van der Waals surface area contributed by atoms with E-state index >= 15 is 0 Å². The maximum atomic E-state index is 14.1. The molecule has 45 heavy (non-hydrogen) atoms. The van der Waals surface area contributed by atoms with Gasteiger partial charge in [-0.25, -0.2) is 4.90 Å². The molecule has 232 valence electrons. The SMILES string of the molecule is CC(C)(C)c1ccc([C@@H]2c3sc(=O)n(CC(=O)Nc4ccccc4)c3S[C@H]3C(=O)N(c4ccccc4C(F)(F)F)C(=O)[C@@H]23)cc1. The maximum Gasteiger partial charge on any atom is 0.418 e. The van der Waals surface area contributed by atoms with Crippen LogP contribution in [-0.2, 0) is 32.5 Å². The number of fused-ring (bicyclic) bond motifs is 2. The molecule has 7 nitrogen and oxygen atoms in total. The number of carbonyl (C=O) groups excluding carboxylic acids is 3. The van der Waals surface area contributed by atoms with E-state index in [2.05, 4.69) is 26.1 Å². The summed E-state index contributed by atoms with van der Waals surface area (Å²) in [6.07, 6.45) is -4.80. The second-order valence-corrected chi connectivity index (χ2v) is 14.1. The van der Waals surface area contributed by atoms with E-state index in [9.17, 15) is 32.3 Å². The largest absolute Gasteiger partial charge is 0.418 e. The third kappa shape index (κ3) is 5.61. The first-order chi connectivity index (χ1) is 21.3. The summed E-state index contributed by atoms with van der Waals surface area (Å²) in [6.45, 7) is 5.81. The van der Waals surface area contributed by atoms with Crippen LogP contribution in [0.3, 0.4) is 0 Å². The van der Waals surface area contributed by atoms with E-state index in [1.165, 1.54) is 16.7 Å². The van der Waals surface area contributed by atoms with Crippen molar-refractivity contribution in [2.24, 2.45) is 5.92 Å². The van der Waals surface area contributed by atoms with Gasteiger partial charge >= 0.3 is 11.0 Å². The molecule has 2 aliphatic heterocycles. The molecule has 1 N–H and O–H groups in total. The summed E-state index contributed by atoms with van der Waals surface area (Å²) in [4.78, 5) is 55.1. The second kappa shape index (κ2) is 11.3. The first-order valence-electron chi connectivity index (χ1n) is 14.2. The second-order valence-electron chi connectivity index (χ2n) is 12.0. The van der Waals surface area contributed by atoms with E-state index in [0.717, 1.165) is 40.8 Å². The number of alkyl halides is 3. The first-order valence-corrected chi connectivity index (χ1v) is 15.8. The molecular formula is C33H28F3N3O4S2. The van der Waals surface area contributed by atoms with Crippen LogP contribution in [0.25, 0.3) is 0 Å². The number of carbonyl (C=O) groups is 3. The van der Waals surface area contributed by atoms with E-state index in [1.54, 1.807) is 30.3 Å². The summed E-state index contributed by atoms with van der Waals surface area (Å²) in [7, 11) is 0. The number of amides is 3. The molecule has 4 aromatic rings. The minimum Gasteiger partial charge on any atom is -0.325 e. The molecule has 0 bridgehead atoms.